The number of nitrogens with zero attached hydrogens (tertiary/aromatic N) is 2. The van der Waals surface area contributed by atoms with Gasteiger partial charge in [0.1, 0.15) is 11.9 Å². The average Bonchev–Trinajstić information content (AvgIpc) is 3.20. The standard InChI is InChI=1S/C15H18N2O3S/c18-12(13-3-1-9-20-13)11-16-5-7-17(8-6-16)15(19)14-4-2-10-21-14/h1-4,9-10,12,18H,5-8,11H2/t12-/m1/s1. The quantitative estimate of drug-likeness (QED) is 0.936. The van der Waals surface area contributed by atoms with E-state index < -0.39 is 6.10 Å². The highest BCUT2D eigenvalue weighted by Gasteiger charge is 2.24. The molecular formula is C15H18N2O3S. The Balaban J connectivity index is 1.50. The van der Waals surface area contributed by atoms with Gasteiger partial charge < -0.3 is 14.4 Å². The number of aliphatic hydroxyl groups is 1. The van der Waals surface area contributed by atoms with Crippen molar-refractivity contribution >= 4 is 17.2 Å². The van der Waals surface area contributed by atoms with E-state index >= 15 is 0 Å². The molecule has 1 N–H and O–H groups in total. The smallest absolute Gasteiger partial charge is 0.264 e. The van der Waals surface area contributed by atoms with E-state index in [2.05, 4.69) is 4.90 Å². The van der Waals surface area contributed by atoms with E-state index in [0.717, 1.165) is 18.0 Å². The Morgan fingerprint density at radius 2 is 2.10 bits per heavy atom. The van der Waals surface area contributed by atoms with Gasteiger partial charge in [0.2, 0.25) is 0 Å². The third kappa shape index (κ3) is 3.34. The van der Waals surface area contributed by atoms with E-state index in [1.807, 2.05) is 22.4 Å². The molecule has 0 aromatic carbocycles. The van der Waals surface area contributed by atoms with Gasteiger partial charge in [0.15, 0.2) is 0 Å². The van der Waals surface area contributed by atoms with Gasteiger partial charge in [-0.1, -0.05) is 6.07 Å². The van der Waals surface area contributed by atoms with E-state index in [-0.39, 0.29) is 5.91 Å². The van der Waals surface area contributed by atoms with Crippen LogP contribution in [0.3, 0.4) is 0 Å². The van der Waals surface area contributed by atoms with Gasteiger partial charge in [0.05, 0.1) is 11.1 Å². The Labute approximate surface area is 127 Å². The van der Waals surface area contributed by atoms with E-state index in [4.69, 9.17) is 4.42 Å². The maximum absolute atomic E-state index is 12.2. The molecule has 0 spiro atoms. The van der Waals surface area contributed by atoms with Crippen molar-refractivity contribution in [1.82, 2.24) is 9.80 Å². The molecule has 1 aliphatic heterocycles. The summed E-state index contributed by atoms with van der Waals surface area (Å²) >= 11 is 1.48. The third-order valence-corrected chi connectivity index (χ3v) is 4.55. The number of carbonyl (C=O) groups is 1. The Morgan fingerprint density at radius 3 is 2.71 bits per heavy atom. The van der Waals surface area contributed by atoms with Gasteiger partial charge in [-0.3, -0.25) is 9.69 Å². The monoisotopic (exact) mass is 306 g/mol. The van der Waals surface area contributed by atoms with Crippen molar-refractivity contribution in [2.24, 2.45) is 0 Å². The zero-order valence-electron chi connectivity index (χ0n) is 11.6. The summed E-state index contributed by atoms with van der Waals surface area (Å²) in [5.41, 5.74) is 0. The molecule has 21 heavy (non-hydrogen) atoms. The fourth-order valence-electron chi connectivity index (χ4n) is 2.51. The predicted molar refractivity (Wildman–Crippen MR) is 80.3 cm³/mol. The Bertz CT molecular complexity index is 560. The first-order chi connectivity index (χ1) is 10.2. The summed E-state index contributed by atoms with van der Waals surface area (Å²) in [6.45, 7) is 3.47. The van der Waals surface area contributed by atoms with Gasteiger partial charge in [0.25, 0.3) is 5.91 Å². The van der Waals surface area contributed by atoms with Gasteiger partial charge in [-0.25, -0.2) is 0 Å². The van der Waals surface area contributed by atoms with Crippen LogP contribution in [0.5, 0.6) is 0 Å². The van der Waals surface area contributed by atoms with Crippen LogP contribution in [0.15, 0.2) is 40.3 Å². The van der Waals surface area contributed by atoms with Crippen LogP contribution in [-0.2, 0) is 0 Å². The Hall–Kier alpha value is -1.63. The van der Waals surface area contributed by atoms with Crippen molar-refractivity contribution < 1.29 is 14.3 Å². The first-order valence-electron chi connectivity index (χ1n) is 7.00. The first-order valence-corrected chi connectivity index (χ1v) is 7.88. The highest BCUT2D eigenvalue weighted by Crippen LogP contribution is 2.17. The molecule has 0 unspecified atom stereocenters. The van der Waals surface area contributed by atoms with Crippen molar-refractivity contribution in [3.63, 3.8) is 0 Å². The maximum atomic E-state index is 12.2. The predicted octanol–water partition coefficient (Wildman–Crippen LogP) is 1.83. The molecule has 1 aliphatic rings. The topological polar surface area (TPSA) is 56.9 Å². The minimum Gasteiger partial charge on any atom is -0.467 e. The highest BCUT2D eigenvalue weighted by atomic mass is 32.1. The van der Waals surface area contributed by atoms with E-state index in [9.17, 15) is 9.90 Å². The Kier molecular flexibility index (Phi) is 4.38. The van der Waals surface area contributed by atoms with Crippen LogP contribution < -0.4 is 0 Å². The lowest BCUT2D eigenvalue weighted by molar-refractivity contribution is 0.0489. The molecule has 0 aliphatic carbocycles. The summed E-state index contributed by atoms with van der Waals surface area (Å²) in [6.07, 6.45) is 0.954. The second-order valence-electron chi connectivity index (χ2n) is 5.10. The SMILES string of the molecule is O=C(c1cccs1)N1CCN(C[C@@H](O)c2ccco2)CC1. The highest BCUT2D eigenvalue weighted by molar-refractivity contribution is 7.12. The molecule has 2 aromatic rings. The molecule has 1 amide bonds. The summed E-state index contributed by atoms with van der Waals surface area (Å²) in [5.74, 6) is 0.698. The number of carbonyl (C=O) groups excluding carboxylic acids is 1. The molecule has 112 valence electrons. The molecule has 2 aromatic heterocycles. The van der Waals surface area contributed by atoms with Gasteiger partial charge in [-0.15, -0.1) is 11.3 Å². The summed E-state index contributed by atoms with van der Waals surface area (Å²) in [6, 6.07) is 7.31. The van der Waals surface area contributed by atoms with E-state index in [0.29, 0.717) is 25.4 Å². The molecule has 1 saturated heterocycles. The van der Waals surface area contributed by atoms with Gasteiger partial charge >= 0.3 is 0 Å². The fourth-order valence-corrected chi connectivity index (χ4v) is 3.20. The number of hydrogen-bond donors (Lipinski definition) is 1. The van der Waals surface area contributed by atoms with Crippen LogP contribution in [0.25, 0.3) is 0 Å². The lowest BCUT2D eigenvalue weighted by Crippen LogP contribution is -2.49. The van der Waals surface area contributed by atoms with Gasteiger partial charge in [0, 0.05) is 32.7 Å². The molecular weight excluding hydrogens is 288 g/mol. The Morgan fingerprint density at radius 1 is 1.29 bits per heavy atom. The normalized spacial score (nSPS) is 17.9. The molecule has 5 nitrogen and oxygen atoms in total. The summed E-state index contributed by atoms with van der Waals surface area (Å²) in [5, 5.41) is 12.0. The zero-order valence-corrected chi connectivity index (χ0v) is 12.5. The summed E-state index contributed by atoms with van der Waals surface area (Å²) in [4.78, 5) is 17.1. The third-order valence-electron chi connectivity index (χ3n) is 3.69. The second-order valence-corrected chi connectivity index (χ2v) is 6.05. The zero-order chi connectivity index (χ0) is 14.7. The van der Waals surface area contributed by atoms with E-state index in [1.54, 1.807) is 18.4 Å². The molecule has 3 heterocycles. The minimum absolute atomic E-state index is 0.108. The van der Waals surface area contributed by atoms with Crippen LogP contribution in [0.4, 0.5) is 0 Å². The van der Waals surface area contributed by atoms with Gasteiger partial charge in [-0.2, -0.15) is 0 Å². The first kappa shape index (κ1) is 14.3. The second kappa shape index (κ2) is 6.43. The van der Waals surface area contributed by atoms with Crippen molar-refractivity contribution in [1.29, 1.82) is 0 Å². The van der Waals surface area contributed by atoms with Crippen molar-refractivity contribution in [2.75, 3.05) is 32.7 Å². The number of amides is 1. The van der Waals surface area contributed by atoms with Crippen LogP contribution >= 0.6 is 11.3 Å². The maximum Gasteiger partial charge on any atom is 0.264 e. The lowest BCUT2D eigenvalue weighted by Gasteiger charge is -2.35. The van der Waals surface area contributed by atoms with Gasteiger partial charge in [-0.05, 0) is 23.6 Å². The van der Waals surface area contributed by atoms with Crippen LogP contribution in [0.1, 0.15) is 21.5 Å². The molecule has 0 radical (unpaired) electrons. The number of furan rings is 1. The number of thiophene rings is 1. The van der Waals surface area contributed by atoms with Crippen LogP contribution in [0.2, 0.25) is 0 Å². The van der Waals surface area contributed by atoms with Crippen molar-refractivity contribution in [3.8, 4) is 0 Å². The number of piperazine rings is 1. The molecule has 0 bridgehead atoms. The van der Waals surface area contributed by atoms with Crippen LogP contribution in [-0.4, -0.2) is 53.5 Å². The van der Waals surface area contributed by atoms with Crippen LogP contribution in [0, 0.1) is 0 Å². The number of hydrogen-bond acceptors (Lipinski definition) is 5. The summed E-state index contributed by atoms with van der Waals surface area (Å²) in [7, 11) is 0. The lowest BCUT2D eigenvalue weighted by atomic mass is 10.2. The van der Waals surface area contributed by atoms with Crippen molar-refractivity contribution in [2.45, 2.75) is 6.10 Å². The summed E-state index contributed by atoms with van der Waals surface area (Å²) < 4.78 is 5.21. The molecule has 0 saturated carbocycles. The average molecular weight is 306 g/mol. The fraction of sp³-hybridized carbons (Fsp3) is 0.400. The molecule has 6 heteroatoms. The molecule has 3 rings (SSSR count). The number of β-amino-alcohol motifs (C(OH)–C–C–N with tert-alkyl or cyclic N) is 1. The van der Waals surface area contributed by atoms with E-state index in [1.165, 1.54) is 11.3 Å². The molecule has 1 fully saturated rings. The number of aliphatic hydroxyl groups excluding tert-OH is 1. The van der Waals surface area contributed by atoms with Crippen molar-refractivity contribution in [3.05, 3.63) is 46.5 Å². The minimum atomic E-state index is -0.612. The largest absolute Gasteiger partial charge is 0.467 e. The number of rotatable bonds is 4. The molecule has 1 atom stereocenters.